The Labute approximate surface area is 259 Å². The normalized spacial score (nSPS) is 11.6. The molecule has 0 aromatic carbocycles. The van der Waals surface area contributed by atoms with Gasteiger partial charge in [-0.25, -0.2) is 4.18 Å². The molecule has 0 unspecified atom stereocenters. The molecule has 0 aromatic heterocycles. The van der Waals surface area contributed by atoms with Crippen LogP contribution in [0.5, 0.6) is 0 Å². The zero-order valence-corrected chi connectivity index (χ0v) is 27.4. The van der Waals surface area contributed by atoms with E-state index in [0.29, 0.717) is 72.7 Å². The molecule has 0 aliphatic carbocycles. The molecule has 0 saturated carbocycles. The Balaban J connectivity index is 0. The van der Waals surface area contributed by atoms with Gasteiger partial charge < -0.3 is 33.2 Å². The number of ether oxygens (including phenoxy) is 7. The summed E-state index contributed by atoms with van der Waals surface area (Å²) in [6, 6.07) is 0. The van der Waals surface area contributed by atoms with Crippen molar-refractivity contribution in [3.05, 3.63) is 0 Å². The molecule has 11 nitrogen and oxygen atoms in total. The summed E-state index contributed by atoms with van der Waals surface area (Å²) in [5, 5.41) is 0. The minimum Gasteiger partial charge on any atom is -0.379 e. The van der Waals surface area contributed by atoms with Gasteiger partial charge in [-0.3, -0.25) is 4.55 Å². The van der Waals surface area contributed by atoms with E-state index < -0.39 is 10.4 Å². The summed E-state index contributed by atoms with van der Waals surface area (Å²) in [5.74, 6) is 0. The summed E-state index contributed by atoms with van der Waals surface area (Å²) in [7, 11) is -4.41. The topological polar surface area (TPSA) is 128 Å². The van der Waals surface area contributed by atoms with Gasteiger partial charge in [-0.2, -0.15) is 8.42 Å². The van der Waals surface area contributed by atoms with Crippen LogP contribution in [0, 0.1) is 0 Å². The Hall–Kier alpha value is 0.590. The van der Waals surface area contributed by atoms with Gasteiger partial charge in [0, 0.05) is 6.61 Å². The summed E-state index contributed by atoms with van der Waals surface area (Å²) >= 11 is 0. The Bertz CT molecular complexity index is 556. The van der Waals surface area contributed by atoms with Gasteiger partial charge in [0.1, 0.15) is 0 Å². The van der Waals surface area contributed by atoms with Crippen LogP contribution in [0.25, 0.3) is 0 Å². The number of hydrogen-bond donors (Lipinski definition) is 1. The maximum Gasteiger partial charge on any atom is 1.00 e. The monoisotopic (exact) mass is 597 g/mol. The fraction of sp³-hybridized carbons (Fsp3) is 1.00. The van der Waals surface area contributed by atoms with Gasteiger partial charge in [-0.05, 0) is 6.42 Å². The molecule has 0 aliphatic rings. The van der Waals surface area contributed by atoms with E-state index in [9.17, 15) is 8.42 Å². The first-order valence-electron chi connectivity index (χ1n) is 14.2. The first-order valence-corrected chi connectivity index (χ1v) is 15.6. The van der Waals surface area contributed by atoms with Crippen LogP contribution in [-0.4, -0.2) is 112 Å². The second-order valence-electron chi connectivity index (χ2n) is 8.72. The SMILES string of the molecule is CCCCCCCCCCCCOCCOCCOCCOCCOCCOCCOCCOS(=O)(=O)O.[Na+]. The minimum absolute atomic E-state index is 0. The molecule has 39 heavy (non-hydrogen) atoms. The van der Waals surface area contributed by atoms with Crippen LogP contribution in [0.15, 0.2) is 0 Å². The zero-order chi connectivity index (χ0) is 27.8. The van der Waals surface area contributed by atoms with Crippen molar-refractivity contribution in [1.29, 1.82) is 0 Å². The molecular weight excluding hydrogens is 543 g/mol. The minimum atomic E-state index is -4.41. The third kappa shape index (κ3) is 40.8. The maximum absolute atomic E-state index is 10.3. The van der Waals surface area contributed by atoms with Crippen LogP contribution in [0.2, 0.25) is 0 Å². The molecule has 0 aromatic rings. The van der Waals surface area contributed by atoms with Crippen molar-refractivity contribution in [1.82, 2.24) is 0 Å². The fourth-order valence-corrected chi connectivity index (χ4v) is 3.59. The average Bonchev–Trinajstić information content (AvgIpc) is 2.88. The van der Waals surface area contributed by atoms with Crippen molar-refractivity contribution in [3.8, 4) is 0 Å². The maximum atomic E-state index is 10.3. The standard InChI is InChI=1S/C26H54O11S.Na/c1-2-3-4-5-6-7-8-9-10-11-12-30-13-14-31-15-16-32-17-18-33-19-20-34-21-22-35-23-24-36-25-26-37-38(27,28)29;/h2-26H2,1H3,(H,27,28,29);/q;+1. The van der Waals surface area contributed by atoms with Crippen molar-refractivity contribution in [2.45, 2.75) is 71.1 Å². The molecular formula is C26H54NaO11S+. The molecule has 230 valence electrons. The fourth-order valence-electron chi connectivity index (χ4n) is 3.31. The van der Waals surface area contributed by atoms with E-state index in [1.807, 2.05) is 0 Å². The number of hydrogen-bond acceptors (Lipinski definition) is 10. The van der Waals surface area contributed by atoms with Crippen molar-refractivity contribution in [2.24, 2.45) is 0 Å². The smallest absolute Gasteiger partial charge is 0.379 e. The van der Waals surface area contributed by atoms with Crippen molar-refractivity contribution < 1.29 is 79.9 Å². The molecule has 0 fully saturated rings. The van der Waals surface area contributed by atoms with Crippen LogP contribution < -0.4 is 29.6 Å². The van der Waals surface area contributed by atoms with E-state index in [1.165, 1.54) is 57.8 Å². The predicted octanol–water partition coefficient (Wildman–Crippen LogP) is 0.847. The van der Waals surface area contributed by atoms with Crippen LogP contribution in [-0.2, 0) is 47.7 Å². The summed E-state index contributed by atoms with van der Waals surface area (Å²) < 4.78 is 70.9. The molecule has 0 rings (SSSR count). The average molecular weight is 598 g/mol. The first-order chi connectivity index (χ1) is 18.6. The van der Waals surface area contributed by atoms with Crippen molar-refractivity contribution in [2.75, 3.05) is 99.1 Å². The van der Waals surface area contributed by atoms with E-state index in [2.05, 4.69) is 11.1 Å². The molecule has 13 heteroatoms. The largest absolute Gasteiger partial charge is 1.00 e. The number of rotatable bonds is 33. The summed E-state index contributed by atoms with van der Waals surface area (Å²) in [6.45, 7) is 8.64. The summed E-state index contributed by atoms with van der Waals surface area (Å²) in [6.07, 6.45) is 13.3. The Morgan fingerprint density at radius 2 is 0.667 bits per heavy atom. The molecule has 0 aliphatic heterocycles. The van der Waals surface area contributed by atoms with Gasteiger partial charge >= 0.3 is 40.0 Å². The molecule has 0 atom stereocenters. The van der Waals surface area contributed by atoms with Gasteiger partial charge in [-0.1, -0.05) is 64.7 Å². The van der Waals surface area contributed by atoms with Gasteiger partial charge in [0.2, 0.25) is 0 Å². The molecule has 0 saturated heterocycles. The van der Waals surface area contributed by atoms with Crippen molar-refractivity contribution >= 4 is 10.4 Å². The van der Waals surface area contributed by atoms with Gasteiger partial charge in [0.15, 0.2) is 0 Å². The van der Waals surface area contributed by atoms with E-state index in [1.54, 1.807) is 0 Å². The predicted molar refractivity (Wildman–Crippen MR) is 145 cm³/mol. The van der Waals surface area contributed by atoms with Crippen LogP contribution >= 0.6 is 0 Å². The third-order valence-electron chi connectivity index (χ3n) is 5.33. The van der Waals surface area contributed by atoms with E-state index in [0.717, 1.165) is 13.0 Å². The molecule has 0 bridgehead atoms. The second kappa shape index (κ2) is 34.8. The molecule has 1 N–H and O–H groups in total. The quantitative estimate of drug-likeness (QED) is 0.0657. The molecule has 0 heterocycles. The van der Waals surface area contributed by atoms with Gasteiger partial charge in [0.25, 0.3) is 0 Å². The second-order valence-corrected chi connectivity index (χ2v) is 9.81. The Morgan fingerprint density at radius 3 is 0.974 bits per heavy atom. The van der Waals surface area contributed by atoms with Crippen LogP contribution in [0.4, 0.5) is 0 Å². The van der Waals surface area contributed by atoms with E-state index in [4.69, 9.17) is 37.7 Å². The Kier molecular flexibility index (Phi) is 37.2. The van der Waals surface area contributed by atoms with Gasteiger partial charge in [0.05, 0.1) is 92.5 Å². The van der Waals surface area contributed by atoms with Crippen LogP contribution in [0.1, 0.15) is 71.1 Å². The van der Waals surface area contributed by atoms with Gasteiger partial charge in [-0.15, -0.1) is 0 Å². The summed E-state index contributed by atoms with van der Waals surface area (Å²) in [5.41, 5.74) is 0. The third-order valence-corrected chi connectivity index (χ3v) is 5.80. The molecule has 0 amide bonds. The number of unbranched alkanes of at least 4 members (excludes halogenated alkanes) is 9. The van der Waals surface area contributed by atoms with E-state index >= 15 is 0 Å². The Morgan fingerprint density at radius 1 is 0.410 bits per heavy atom. The van der Waals surface area contributed by atoms with Crippen molar-refractivity contribution in [3.63, 3.8) is 0 Å². The van der Waals surface area contributed by atoms with Crippen LogP contribution in [0.3, 0.4) is 0 Å². The van der Waals surface area contributed by atoms with E-state index in [-0.39, 0.29) is 49.4 Å². The zero-order valence-electron chi connectivity index (χ0n) is 24.6. The first kappa shape index (κ1) is 41.7. The summed E-state index contributed by atoms with van der Waals surface area (Å²) in [4.78, 5) is 0. The molecule has 0 spiro atoms. The molecule has 0 radical (unpaired) electrons.